The lowest BCUT2D eigenvalue weighted by Crippen LogP contribution is -2.58. The van der Waals surface area contributed by atoms with Crippen molar-refractivity contribution in [3.63, 3.8) is 0 Å². The molecule has 4 aliphatic rings. The van der Waals surface area contributed by atoms with Gasteiger partial charge in [-0.15, -0.1) is 0 Å². The molecule has 0 radical (unpaired) electrons. The maximum Gasteiger partial charge on any atom is 0.344 e. The van der Waals surface area contributed by atoms with Gasteiger partial charge in [-0.1, -0.05) is 91.0 Å². The van der Waals surface area contributed by atoms with Crippen LogP contribution < -0.4 is 9.47 Å². The van der Waals surface area contributed by atoms with Crippen LogP contribution in [0.5, 0.6) is 23.0 Å². The molecule has 0 heterocycles. The van der Waals surface area contributed by atoms with Crippen molar-refractivity contribution in [3.05, 3.63) is 247 Å². The molecular formula is C78H84NO8S3+3. The number of esters is 2. The van der Waals surface area contributed by atoms with Crippen LogP contribution >= 0.6 is 0 Å². The zero-order valence-electron chi connectivity index (χ0n) is 52.8. The second kappa shape index (κ2) is 30.8. The summed E-state index contributed by atoms with van der Waals surface area (Å²) in [6.07, 6.45) is 6.99. The first-order valence-corrected chi connectivity index (χ1v) is 34.8. The zero-order chi connectivity index (χ0) is 63.2. The van der Waals surface area contributed by atoms with Gasteiger partial charge < -0.3 is 34.1 Å². The molecular weight excluding hydrogens is 1180 g/mol. The molecule has 4 fully saturated rings. The molecule has 4 saturated carbocycles. The lowest BCUT2D eigenvalue weighted by molar-refractivity contribution is -0.207. The summed E-state index contributed by atoms with van der Waals surface area (Å²) < 4.78 is 23.4. The van der Waals surface area contributed by atoms with Gasteiger partial charge in [0, 0.05) is 30.8 Å². The van der Waals surface area contributed by atoms with Gasteiger partial charge in [0.25, 0.3) is 0 Å². The number of carbonyl (C=O) groups is 2. The number of aromatic hydroxyl groups is 2. The monoisotopic (exact) mass is 1260 g/mol. The second-order valence-corrected chi connectivity index (χ2v) is 30.2. The van der Waals surface area contributed by atoms with Crippen LogP contribution in [-0.4, -0.2) is 73.1 Å². The molecule has 0 unspecified atom stereocenters. The molecule has 0 aromatic heterocycles. The Morgan fingerprint density at radius 3 is 1.10 bits per heavy atom. The molecule has 4 aliphatic carbocycles. The van der Waals surface area contributed by atoms with Gasteiger partial charge >= 0.3 is 11.9 Å². The van der Waals surface area contributed by atoms with Gasteiger partial charge in [0.15, 0.2) is 57.3 Å². The van der Waals surface area contributed by atoms with Crippen molar-refractivity contribution in [2.45, 2.75) is 123 Å². The first kappa shape index (κ1) is 65.1. The third-order valence-corrected chi connectivity index (χ3v) is 23.8. The van der Waals surface area contributed by atoms with Crippen LogP contribution in [-0.2, 0) is 51.7 Å². The van der Waals surface area contributed by atoms with Gasteiger partial charge in [-0.3, -0.25) is 0 Å². The summed E-state index contributed by atoms with van der Waals surface area (Å²) in [5.41, 5.74) is 3.90. The number of aryl methyl sites for hydroxylation is 4. The number of hydrogen-bond donors (Lipinski definition) is 2. The minimum atomic E-state index is -0.576. The van der Waals surface area contributed by atoms with E-state index in [1.165, 1.54) is 51.8 Å². The van der Waals surface area contributed by atoms with E-state index >= 15 is 0 Å². The molecule has 4 bridgehead atoms. The molecule has 464 valence electrons. The average Bonchev–Trinajstić information content (AvgIpc) is 0.825. The van der Waals surface area contributed by atoms with Gasteiger partial charge in [-0.05, 0) is 242 Å². The Morgan fingerprint density at radius 2 is 0.756 bits per heavy atom. The van der Waals surface area contributed by atoms with E-state index in [1.54, 1.807) is 24.3 Å². The predicted molar refractivity (Wildman–Crippen MR) is 363 cm³/mol. The quantitative estimate of drug-likeness (QED) is 0.0437. The number of hydrogen-bond acceptors (Lipinski definition) is 9. The number of phenols is 2. The van der Waals surface area contributed by atoms with Crippen molar-refractivity contribution in [1.82, 2.24) is 4.90 Å². The molecule has 9 aromatic rings. The van der Waals surface area contributed by atoms with Crippen molar-refractivity contribution >= 4 is 44.6 Å². The van der Waals surface area contributed by atoms with Crippen LogP contribution in [0.3, 0.4) is 0 Å². The first-order valence-electron chi connectivity index (χ1n) is 31.2. The van der Waals surface area contributed by atoms with Gasteiger partial charge in [0.1, 0.15) is 28.6 Å². The molecule has 90 heavy (non-hydrogen) atoms. The highest BCUT2D eigenvalue weighted by atomic mass is 32.2. The fourth-order valence-electron chi connectivity index (χ4n) is 13.1. The summed E-state index contributed by atoms with van der Waals surface area (Å²) in [5.74, 6) is 3.64. The van der Waals surface area contributed by atoms with E-state index in [4.69, 9.17) is 18.9 Å². The Morgan fingerprint density at radius 1 is 0.433 bits per heavy atom. The van der Waals surface area contributed by atoms with Crippen molar-refractivity contribution in [3.8, 4) is 23.0 Å². The van der Waals surface area contributed by atoms with Gasteiger partial charge in [-0.2, -0.15) is 0 Å². The molecule has 13 rings (SSSR count). The second-order valence-electron chi connectivity index (χ2n) is 24.2. The van der Waals surface area contributed by atoms with Crippen molar-refractivity contribution < 1.29 is 38.7 Å². The highest BCUT2D eigenvalue weighted by Crippen LogP contribution is 2.59. The number of rotatable bonds is 20. The maximum absolute atomic E-state index is 12.7. The minimum absolute atomic E-state index is 0.119. The van der Waals surface area contributed by atoms with Crippen molar-refractivity contribution in [2.24, 2.45) is 23.7 Å². The SMILES string of the molecule is Cc1cc([S+](c2ccccc2)c2ccccc2)cc(C)c1OCC(=O)OCC(=O)OC1(C)C2CC3CC(C2)CC1C3.Cc1cc([S+](c2ccccc2)c2ccccc2)cc(C)c1OCCCN(C)C.Oc1ccc([S+](c2ccccc2)c2ccc(O)cc2)cc1. The lowest BCUT2D eigenvalue weighted by Gasteiger charge is -2.59. The fraction of sp³-hybridized carbons (Fsp3) is 0.282. The normalized spacial score (nSPS) is 17.9. The zero-order valence-corrected chi connectivity index (χ0v) is 55.2. The maximum atomic E-state index is 12.7. The highest BCUT2D eigenvalue weighted by Gasteiger charge is 2.57. The molecule has 0 amide bonds. The number of phenolic OH excluding ortho intramolecular Hbond substituents is 2. The molecule has 0 aliphatic heterocycles. The lowest BCUT2D eigenvalue weighted by atomic mass is 9.50. The summed E-state index contributed by atoms with van der Waals surface area (Å²) in [6, 6.07) is 76.3. The summed E-state index contributed by atoms with van der Waals surface area (Å²) in [6.45, 7) is 11.6. The van der Waals surface area contributed by atoms with Gasteiger partial charge in [-0.25, -0.2) is 9.59 Å². The molecule has 0 saturated heterocycles. The van der Waals surface area contributed by atoms with Gasteiger partial charge in [0.05, 0.1) is 39.3 Å². The van der Waals surface area contributed by atoms with Crippen LogP contribution in [0, 0.1) is 51.4 Å². The minimum Gasteiger partial charge on any atom is -0.508 e. The van der Waals surface area contributed by atoms with E-state index in [9.17, 15) is 19.8 Å². The third kappa shape index (κ3) is 16.5. The molecule has 9 aromatic carbocycles. The Bertz CT molecular complexity index is 3560. The van der Waals surface area contributed by atoms with Crippen LogP contribution in [0.4, 0.5) is 0 Å². The van der Waals surface area contributed by atoms with Crippen molar-refractivity contribution in [2.75, 3.05) is 40.5 Å². The fourth-order valence-corrected chi connectivity index (χ4v) is 19.7. The predicted octanol–water partition coefficient (Wildman–Crippen LogP) is 17.0. The van der Waals surface area contributed by atoms with E-state index in [0.29, 0.717) is 17.6 Å². The molecule has 0 atom stereocenters. The summed E-state index contributed by atoms with van der Waals surface area (Å²) in [5, 5.41) is 19.0. The topological polar surface area (TPSA) is 115 Å². The number of benzene rings is 9. The standard InChI is InChI=1S/C35H39O5S.C25H30NOS.C18H14O2S/c1-23-14-31(41(29-10-6-4-7-11-29)30-12-8-5-9-13-30)15-24(2)34(23)39-21-32(36)38-22-33(37)40-35(3)27-17-25-16-26(19-27)20-28(35)18-25;1-20-18-24(19-21(2)25(20)27-17-11-16-26(3)4)28(22-12-7-5-8-13-22)23-14-9-6-10-15-23;19-14-6-10-17(11-7-14)21(16-4-2-1-3-5-16)18-12-8-15(20)9-13-18/h4-15,25-28H,16-22H2,1-3H3;5-10,12-15,18-19H,11,16-17H2,1-4H3;1-13H,(H-,19,20)/q2*+1;/p+1. The first-order chi connectivity index (χ1) is 43.6. The van der Waals surface area contributed by atoms with Crippen LogP contribution in [0.25, 0.3) is 0 Å². The number of ether oxygens (including phenoxy) is 4. The van der Waals surface area contributed by atoms with E-state index in [-0.39, 0.29) is 57.4 Å². The highest BCUT2D eigenvalue weighted by molar-refractivity contribution is 7.97. The van der Waals surface area contributed by atoms with E-state index < -0.39 is 17.5 Å². The van der Waals surface area contributed by atoms with Crippen LogP contribution in [0.2, 0.25) is 0 Å². The Labute approximate surface area is 541 Å². The average molecular weight is 1260 g/mol. The Balaban J connectivity index is 0.000000158. The third-order valence-electron chi connectivity index (χ3n) is 17.2. The molecule has 2 N–H and O–H groups in total. The summed E-state index contributed by atoms with van der Waals surface area (Å²) in [4.78, 5) is 38.6. The number of nitrogens with zero attached hydrogens (tertiary/aromatic N) is 1. The Kier molecular flexibility index (Phi) is 22.2. The van der Waals surface area contributed by atoms with Gasteiger partial charge in [0.2, 0.25) is 0 Å². The Hall–Kier alpha value is -7.87. The van der Waals surface area contributed by atoms with E-state index in [0.717, 1.165) is 83.8 Å². The van der Waals surface area contributed by atoms with E-state index in [2.05, 4.69) is 185 Å². The molecule has 9 nitrogen and oxygen atoms in total. The van der Waals surface area contributed by atoms with E-state index in [1.807, 2.05) is 68.4 Å². The summed E-state index contributed by atoms with van der Waals surface area (Å²) >= 11 is 0. The van der Waals surface area contributed by atoms with Crippen LogP contribution in [0.15, 0.2) is 269 Å². The summed E-state index contributed by atoms with van der Waals surface area (Å²) in [7, 11) is 3.55. The van der Waals surface area contributed by atoms with Crippen molar-refractivity contribution in [1.29, 1.82) is 0 Å². The van der Waals surface area contributed by atoms with Crippen LogP contribution in [0.1, 0.15) is 67.7 Å². The number of carbonyl (C=O) groups excluding carboxylic acids is 2. The smallest absolute Gasteiger partial charge is 0.344 e. The molecule has 0 spiro atoms. The molecule has 12 heteroatoms. The largest absolute Gasteiger partial charge is 0.508 e.